The molecule has 3 rings (SSSR count). The van der Waals surface area contributed by atoms with Gasteiger partial charge in [0, 0.05) is 0 Å². The van der Waals surface area contributed by atoms with Gasteiger partial charge in [-0.1, -0.05) is 18.2 Å². The van der Waals surface area contributed by atoms with Crippen LogP contribution in [-0.2, 0) is 0 Å². The Morgan fingerprint density at radius 3 is 2.09 bits per heavy atom. The SMILES string of the molecule is C(=N\n1cnnc1)/c1ccc(OCCOc2ccccc2)cc1. The molecule has 0 saturated carbocycles. The van der Waals surface area contributed by atoms with Gasteiger partial charge in [0.25, 0.3) is 0 Å². The molecule has 0 unspecified atom stereocenters. The fraction of sp³-hybridized carbons (Fsp3) is 0.118. The van der Waals surface area contributed by atoms with E-state index in [0.29, 0.717) is 13.2 Å². The van der Waals surface area contributed by atoms with E-state index in [9.17, 15) is 0 Å². The maximum atomic E-state index is 5.64. The van der Waals surface area contributed by atoms with Gasteiger partial charge in [-0.25, -0.2) is 4.68 Å². The summed E-state index contributed by atoms with van der Waals surface area (Å²) in [4.78, 5) is 0. The van der Waals surface area contributed by atoms with E-state index in [1.54, 1.807) is 6.21 Å². The first kappa shape index (κ1) is 14.8. The molecule has 0 radical (unpaired) electrons. The highest BCUT2D eigenvalue weighted by molar-refractivity contribution is 5.79. The molecule has 0 fully saturated rings. The average Bonchev–Trinajstić information content (AvgIpc) is 3.12. The molecule has 0 N–H and O–H groups in total. The lowest BCUT2D eigenvalue weighted by atomic mass is 10.2. The third-order valence-corrected chi connectivity index (χ3v) is 2.99. The zero-order valence-electron chi connectivity index (χ0n) is 12.4. The number of aromatic nitrogens is 3. The fourth-order valence-corrected chi connectivity index (χ4v) is 1.87. The van der Waals surface area contributed by atoms with Crippen LogP contribution in [0.1, 0.15) is 5.56 Å². The highest BCUT2D eigenvalue weighted by Gasteiger charge is 1.96. The molecule has 0 amide bonds. The lowest BCUT2D eigenvalue weighted by Crippen LogP contribution is -2.08. The van der Waals surface area contributed by atoms with Crippen LogP contribution in [0.15, 0.2) is 72.4 Å². The summed E-state index contributed by atoms with van der Waals surface area (Å²) in [7, 11) is 0. The maximum Gasteiger partial charge on any atom is 0.141 e. The van der Waals surface area contributed by atoms with E-state index in [0.717, 1.165) is 17.1 Å². The predicted octanol–water partition coefficient (Wildman–Crippen LogP) is 2.62. The number of nitrogens with zero attached hydrogens (tertiary/aromatic N) is 4. The van der Waals surface area contributed by atoms with Crippen molar-refractivity contribution in [2.75, 3.05) is 13.2 Å². The smallest absolute Gasteiger partial charge is 0.141 e. The van der Waals surface area contributed by atoms with Gasteiger partial charge in [0.1, 0.15) is 37.4 Å². The highest BCUT2D eigenvalue weighted by Crippen LogP contribution is 2.12. The van der Waals surface area contributed by atoms with Gasteiger partial charge in [0.15, 0.2) is 0 Å². The molecule has 0 atom stereocenters. The van der Waals surface area contributed by atoms with Crippen LogP contribution in [0.5, 0.6) is 11.5 Å². The van der Waals surface area contributed by atoms with Crippen molar-refractivity contribution in [1.82, 2.24) is 14.9 Å². The minimum absolute atomic E-state index is 0.489. The average molecular weight is 308 g/mol. The maximum absolute atomic E-state index is 5.64. The Bertz CT molecular complexity index is 725. The number of ether oxygens (including phenoxy) is 2. The van der Waals surface area contributed by atoms with Crippen molar-refractivity contribution >= 4 is 6.21 Å². The normalized spacial score (nSPS) is 10.8. The fourth-order valence-electron chi connectivity index (χ4n) is 1.87. The van der Waals surface area contributed by atoms with E-state index in [1.807, 2.05) is 54.6 Å². The van der Waals surface area contributed by atoms with Crippen molar-refractivity contribution in [3.8, 4) is 11.5 Å². The van der Waals surface area contributed by atoms with Crippen molar-refractivity contribution < 1.29 is 9.47 Å². The summed E-state index contributed by atoms with van der Waals surface area (Å²) in [6.07, 6.45) is 4.78. The summed E-state index contributed by atoms with van der Waals surface area (Å²) < 4.78 is 12.7. The summed E-state index contributed by atoms with van der Waals surface area (Å²) in [6, 6.07) is 17.3. The molecule has 0 aliphatic heterocycles. The van der Waals surface area contributed by atoms with Crippen LogP contribution in [0.3, 0.4) is 0 Å². The van der Waals surface area contributed by atoms with Gasteiger partial charge in [-0.05, 0) is 42.0 Å². The molecule has 0 spiro atoms. The van der Waals surface area contributed by atoms with Crippen LogP contribution in [0.2, 0.25) is 0 Å². The van der Waals surface area contributed by atoms with E-state index in [-0.39, 0.29) is 0 Å². The molecular formula is C17H16N4O2. The molecular weight excluding hydrogens is 292 g/mol. The standard InChI is InChI=1S/C17H16N4O2/c1-2-4-16(5-3-1)22-10-11-23-17-8-6-15(7-9-17)12-20-21-13-18-19-14-21/h1-9,12-14H,10-11H2/b20-12+. The third-order valence-electron chi connectivity index (χ3n) is 2.99. The van der Waals surface area contributed by atoms with Crippen molar-refractivity contribution in [1.29, 1.82) is 0 Å². The molecule has 2 aromatic carbocycles. The second-order valence-electron chi connectivity index (χ2n) is 4.67. The molecule has 1 aromatic heterocycles. The Morgan fingerprint density at radius 2 is 1.43 bits per heavy atom. The Labute approximate surface area is 134 Å². The van der Waals surface area contributed by atoms with E-state index in [1.165, 1.54) is 17.3 Å². The summed E-state index contributed by atoms with van der Waals surface area (Å²) in [5.41, 5.74) is 0.964. The Balaban J connectivity index is 1.44. The largest absolute Gasteiger partial charge is 0.490 e. The zero-order valence-corrected chi connectivity index (χ0v) is 12.4. The summed E-state index contributed by atoms with van der Waals surface area (Å²) >= 11 is 0. The molecule has 1 heterocycles. The Morgan fingerprint density at radius 1 is 0.826 bits per heavy atom. The number of hydrogen-bond donors (Lipinski definition) is 0. The van der Waals surface area contributed by atoms with Crippen LogP contribution in [0, 0.1) is 0 Å². The highest BCUT2D eigenvalue weighted by atomic mass is 16.5. The quantitative estimate of drug-likeness (QED) is 0.497. The van der Waals surface area contributed by atoms with Gasteiger partial charge in [-0.15, -0.1) is 10.2 Å². The van der Waals surface area contributed by atoms with Crippen molar-refractivity contribution in [2.24, 2.45) is 5.10 Å². The Kier molecular flexibility index (Phi) is 4.97. The van der Waals surface area contributed by atoms with Crippen LogP contribution in [0.4, 0.5) is 0 Å². The zero-order chi connectivity index (χ0) is 15.7. The molecule has 0 aliphatic rings. The number of benzene rings is 2. The van der Waals surface area contributed by atoms with E-state index in [2.05, 4.69) is 15.3 Å². The van der Waals surface area contributed by atoms with Gasteiger partial charge in [-0.2, -0.15) is 5.10 Å². The van der Waals surface area contributed by atoms with Gasteiger partial charge in [-0.3, -0.25) is 0 Å². The van der Waals surface area contributed by atoms with E-state index >= 15 is 0 Å². The van der Waals surface area contributed by atoms with Gasteiger partial charge < -0.3 is 9.47 Å². The van der Waals surface area contributed by atoms with Crippen molar-refractivity contribution in [3.05, 3.63) is 72.8 Å². The first-order valence-corrected chi connectivity index (χ1v) is 7.20. The topological polar surface area (TPSA) is 61.5 Å². The summed E-state index contributed by atoms with van der Waals surface area (Å²) in [6.45, 7) is 0.990. The minimum atomic E-state index is 0.489. The lowest BCUT2D eigenvalue weighted by molar-refractivity contribution is 0.217. The molecule has 0 bridgehead atoms. The van der Waals surface area contributed by atoms with Crippen LogP contribution >= 0.6 is 0 Å². The molecule has 0 saturated heterocycles. The molecule has 0 aliphatic carbocycles. The van der Waals surface area contributed by atoms with E-state index < -0.39 is 0 Å². The lowest BCUT2D eigenvalue weighted by Gasteiger charge is -2.08. The first-order valence-electron chi connectivity index (χ1n) is 7.20. The molecule has 6 nitrogen and oxygen atoms in total. The van der Waals surface area contributed by atoms with Gasteiger partial charge in [0.2, 0.25) is 0 Å². The number of para-hydroxylation sites is 1. The van der Waals surface area contributed by atoms with Crippen LogP contribution < -0.4 is 9.47 Å². The number of rotatable bonds is 7. The van der Waals surface area contributed by atoms with E-state index in [4.69, 9.17) is 9.47 Å². The monoisotopic (exact) mass is 308 g/mol. The molecule has 3 aromatic rings. The third kappa shape index (κ3) is 4.67. The van der Waals surface area contributed by atoms with Crippen molar-refractivity contribution in [3.63, 3.8) is 0 Å². The second kappa shape index (κ2) is 7.74. The van der Waals surface area contributed by atoms with Gasteiger partial charge in [0.05, 0.1) is 6.21 Å². The summed E-state index contributed by atoms with van der Waals surface area (Å²) in [5.74, 6) is 1.64. The molecule has 23 heavy (non-hydrogen) atoms. The molecule has 116 valence electrons. The second-order valence-corrected chi connectivity index (χ2v) is 4.67. The van der Waals surface area contributed by atoms with Crippen LogP contribution in [-0.4, -0.2) is 34.3 Å². The van der Waals surface area contributed by atoms with Gasteiger partial charge >= 0.3 is 0 Å². The Hall–Kier alpha value is -3.15. The first-order chi connectivity index (χ1) is 11.4. The molecule has 6 heteroatoms. The van der Waals surface area contributed by atoms with Crippen molar-refractivity contribution in [2.45, 2.75) is 0 Å². The summed E-state index contributed by atoms with van der Waals surface area (Å²) in [5, 5.41) is 11.5. The minimum Gasteiger partial charge on any atom is -0.490 e. The predicted molar refractivity (Wildman–Crippen MR) is 86.9 cm³/mol. The van der Waals surface area contributed by atoms with Crippen LogP contribution in [0.25, 0.3) is 0 Å². The number of hydrogen-bond acceptors (Lipinski definition) is 5.